The van der Waals surface area contributed by atoms with Crippen molar-refractivity contribution in [3.8, 4) is 0 Å². The van der Waals surface area contributed by atoms with Gasteiger partial charge in [-0.1, -0.05) is 12.5 Å². The van der Waals surface area contributed by atoms with Gasteiger partial charge in [0.05, 0.1) is 0 Å². The predicted octanol–water partition coefficient (Wildman–Crippen LogP) is 2.72. The number of hydrogen-bond acceptors (Lipinski definition) is 2. The summed E-state index contributed by atoms with van der Waals surface area (Å²) in [6, 6.07) is 0.535. The highest BCUT2D eigenvalue weighted by Crippen LogP contribution is 2.17. The zero-order valence-electron chi connectivity index (χ0n) is 12.2. The molecule has 0 saturated carbocycles. The van der Waals surface area contributed by atoms with Gasteiger partial charge in [-0.3, -0.25) is 4.79 Å². The van der Waals surface area contributed by atoms with Crippen LogP contribution < -0.4 is 5.32 Å². The molecule has 0 bridgehead atoms. The van der Waals surface area contributed by atoms with Crippen LogP contribution in [0.2, 0.25) is 0 Å². The standard InChI is InChI=1S/C15H28N2O/c1-5-12-17(15(2,3)4)14(18)10-9-13-8-6-7-11-16-13/h5,13,16H,1,6-12H2,2-4H3. The van der Waals surface area contributed by atoms with Crippen LogP contribution in [0.25, 0.3) is 0 Å². The van der Waals surface area contributed by atoms with Crippen molar-refractivity contribution in [2.75, 3.05) is 13.1 Å². The molecule has 1 heterocycles. The number of nitrogens with one attached hydrogen (secondary N) is 1. The van der Waals surface area contributed by atoms with E-state index in [0.717, 1.165) is 13.0 Å². The number of rotatable bonds is 5. The van der Waals surface area contributed by atoms with Crippen molar-refractivity contribution in [1.82, 2.24) is 10.2 Å². The van der Waals surface area contributed by atoms with Crippen LogP contribution in [0.1, 0.15) is 52.9 Å². The molecule has 0 aromatic heterocycles. The van der Waals surface area contributed by atoms with E-state index in [4.69, 9.17) is 0 Å². The maximum atomic E-state index is 12.3. The molecule has 1 atom stereocenters. The first-order valence-corrected chi connectivity index (χ1v) is 7.10. The molecule has 3 nitrogen and oxygen atoms in total. The second kappa shape index (κ2) is 6.93. The lowest BCUT2D eigenvalue weighted by molar-refractivity contribution is -0.135. The Bertz CT molecular complexity index is 275. The van der Waals surface area contributed by atoms with Gasteiger partial charge in [0.25, 0.3) is 0 Å². The van der Waals surface area contributed by atoms with Crippen molar-refractivity contribution >= 4 is 5.91 Å². The Labute approximate surface area is 112 Å². The molecular formula is C15H28N2O. The van der Waals surface area contributed by atoms with Crippen LogP contribution in [0, 0.1) is 0 Å². The van der Waals surface area contributed by atoms with E-state index < -0.39 is 0 Å². The Morgan fingerprint density at radius 3 is 2.67 bits per heavy atom. The number of carbonyl (C=O) groups excluding carboxylic acids is 1. The van der Waals surface area contributed by atoms with E-state index >= 15 is 0 Å². The quantitative estimate of drug-likeness (QED) is 0.763. The fourth-order valence-corrected chi connectivity index (χ4v) is 2.48. The lowest BCUT2D eigenvalue weighted by atomic mass is 9.99. The summed E-state index contributed by atoms with van der Waals surface area (Å²) in [5.41, 5.74) is -0.120. The Morgan fingerprint density at radius 2 is 2.17 bits per heavy atom. The number of amides is 1. The molecule has 1 aliphatic heterocycles. The van der Waals surface area contributed by atoms with Crippen LogP contribution >= 0.6 is 0 Å². The van der Waals surface area contributed by atoms with Gasteiger partial charge in [0.1, 0.15) is 0 Å². The second-order valence-corrected chi connectivity index (χ2v) is 6.15. The minimum Gasteiger partial charge on any atom is -0.334 e. The summed E-state index contributed by atoms with van der Waals surface area (Å²) in [4.78, 5) is 14.2. The third-order valence-corrected chi connectivity index (χ3v) is 3.54. The molecule has 104 valence electrons. The molecule has 1 amide bonds. The summed E-state index contributed by atoms with van der Waals surface area (Å²) in [6.45, 7) is 11.7. The molecule has 1 N–H and O–H groups in total. The first-order valence-electron chi connectivity index (χ1n) is 7.10. The summed E-state index contributed by atoms with van der Waals surface area (Å²) in [7, 11) is 0. The number of hydrogen-bond donors (Lipinski definition) is 1. The van der Waals surface area contributed by atoms with E-state index in [1.165, 1.54) is 19.3 Å². The van der Waals surface area contributed by atoms with Crippen LogP contribution in [-0.2, 0) is 4.79 Å². The van der Waals surface area contributed by atoms with Crippen molar-refractivity contribution in [1.29, 1.82) is 0 Å². The van der Waals surface area contributed by atoms with Crippen molar-refractivity contribution in [2.45, 2.75) is 64.5 Å². The summed E-state index contributed by atoms with van der Waals surface area (Å²) in [5.74, 6) is 0.245. The molecule has 3 heteroatoms. The molecule has 0 radical (unpaired) electrons. The van der Waals surface area contributed by atoms with E-state index in [0.29, 0.717) is 19.0 Å². The normalized spacial score (nSPS) is 20.5. The second-order valence-electron chi connectivity index (χ2n) is 6.15. The fraction of sp³-hybridized carbons (Fsp3) is 0.800. The van der Waals surface area contributed by atoms with Gasteiger partial charge in [0, 0.05) is 24.5 Å². The average molecular weight is 252 g/mol. The van der Waals surface area contributed by atoms with Gasteiger partial charge in [-0.15, -0.1) is 6.58 Å². The molecule has 18 heavy (non-hydrogen) atoms. The summed E-state index contributed by atoms with van der Waals surface area (Å²) in [5, 5.41) is 3.49. The van der Waals surface area contributed by atoms with Crippen molar-refractivity contribution in [3.63, 3.8) is 0 Å². The van der Waals surface area contributed by atoms with E-state index in [2.05, 4.69) is 32.7 Å². The van der Waals surface area contributed by atoms with E-state index in [-0.39, 0.29) is 11.4 Å². The molecule has 0 aromatic rings. The van der Waals surface area contributed by atoms with Crippen LogP contribution in [0.5, 0.6) is 0 Å². The van der Waals surface area contributed by atoms with Gasteiger partial charge in [-0.05, 0) is 46.6 Å². The molecule has 1 unspecified atom stereocenters. The minimum atomic E-state index is -0.120. The third kappa shape index (κ3) is 4.81. The number of nitrogens with zero attached hydrogens (tertiary/aromatic N) is 1. The first-order chi connectivity index (χ1) is 8.45. The molecule has 1 rings (SSSR count). The Morgan fingerprint density at radius 1 is 1.44 bits per heavy atom. The van der Waals surface area contributed by atoms with E-state index in [9.17, 15) is 4.79 Å². The van der Waals surface area contributed by atoms with Gasteiger partial charge < -0.3 is 10.2 Å². The fourth-order valence-electron chi connectivity index (χ4n) is 2.48. The highest BCUT2D eigenvalue weighted by Gasteiger charge is 2.25. The lowest BCUT2D eigenvalue weighted by Gasteiger charge is -2.35. The zero-order valence-corrected chi connectivity index (χ0v) is 12.2. The molecular weight excluding hydrogens is 224 g/mol. The number of carbonyl (C=O) groups is 1. The summed E-state index contributed by atoms with van der Waals surface area (Å²) >= 11 is 0. The zero-order chi connectivity index (χ0) is 13.6. The Hall–Kier alpha value is -0.830. The van der Waals surface area contributed by atoms with Gasteiger partial charge in [-0.25, -0.2) is 0 Å². The monoisotopic (exact) mass is 252 g/mol. The van der Waals surface area contributed by atoms with Crippen LogP contribution in [-0.4, -0.2) is 35.5 Å². The predicted molar refractivity (Wildman–Crippen MR) is 76.5 cm³/mol. The van der Waals surface area contributed by atoms with Crippen molar-refractivity contribution in [3.05, 3.63) is 12.7 Å². The number of piperidine rings is 1. The molecule has 1 aliphatic rings. The SMILES string of the molecule is C=CCN(C(=O)CCC1CCCCN1)C(C)(C)C. The highest BCUT2D eigenvalue weighted by atomic mass is 16.2. The van der Waals surface area contributed by atoms with Crippen molar-refractivity contribution in [2.24, 2.45) is 0 Å². The maximum absolute atomic E-state index is 12.3. The third-order valence-electron chi connectivity index (χ3n) is 3.54. The Kier molecular flexibility index (Phi) is 5.86. The van der Waals surface area contributed by atoms with E-state index in [1.54, 1.807) is 0 Å². The van der Waals surface area contributed by atoms with Crippen LogP contribution in [0.4, 0.5) is 0 Å². The van der Waals surface area contributed by atoms with Crippen LogP contribution in [0.15, 0.2) is 12.7 Å². The van der Waals surface area contributed by atoms with Gasteiger partial charge in [0.15, 0.2) is 0 Å². The molecule has 0 aliphatic carbocycles. The van der Waals surface area contributed by atoms with E-state index in [1.807, 2.05) is 11.0 Å². The molecule has 1 saturated heterocycles. The summed E-state index contributed by atoms with van der Waals surface area (Å²) < 4.78 is 0. The molecule has 0 aromatic carbocycles. The average Bonchev–Trinajstić information content (AvgIpc) is 2.33. The highest BCUT2D eigenvalue weighted by molar-refractivity contribution is 5.77. The van der Waals surface area contributed by atoms with Crippen LogP contribution in [0.3, 0.4) is 0 Å². The van der Waals surface area contributed by atoms with Gasteiger partial charge >= 0.3 is 0 Å². The smallest absolute Gasteiger partial charge is 0.223 e. The topological polar surface area (TPSA) is 32.3 Å². The molecule has 0 spiro atoms. The minimum absolute atomic E-state index is 0.120. The van der Waals surface area contributed by atoms with Gasteiger partial charge in [-0.2, -0.15) is 0 Å². The Balaban J connectivity index is 2.43. The van der Waals surface area contributed by atoms with Crippen molar-refractivity contribution < 1.29 is 4.79 Å². The lowest BCUT2D eigenvalue weighted by Crippen LogP contribution is -2.46. The first kappa shape index (κ1) is 15.2. The van der Waals surface area contributed by atoms with Gasteiger partial charge in [0.2, 0.25) is 5.91 Å². The summed E-state index contributed by atoms with van der Waals surface area (Å²) in [6.07, 6.45) is 7.19. The largest absolute Gasteiger partial charge is 0.334 e. The molecule has 1 fully saturated rings. The maximum Gasteiger partial charge on any atom is 0.223 e.